The van der Waals surface area contributed by atoms with Crippen molar-refractivity contribution in [2.75, 3.05) is 44.3 Å². The molecule has 2 fully saturated rings. The van der Waals surface area contributed by atoms with Crippen molar-refractivity contribution in [2.45, 2.75) is 18.9 Å². The molecule has 7 rings (SSSR count). The summed E-state index contributed by atoms with van der Waals surface area (Å²) in [6.45, 7) is 5.44. The molecule has 0 amide bonds. The first-order chi connectivity index (χ1) is 17.8. The van der Waals surface area contributed by atoms with Gasteiger partial charge in [0.25, 0.3) is 0 Å². The van der Waals surface area contributed by atoms with E-state index in [1.54, 1.807) is 0 Å². The van der Waals surface area contributed by atoms with Crippen LogP contribution in [0.5, 0.6) is 0 Å². The molecule has 0 aliphatic carbocycles. The number of nitrogens with zero attached hydrogens (tertiary/aromatic N) is 5. The van der Waals surface area contributed by atoms with Crippen molar-refractivity contribution in [3.05, 3.63) is 61.2 Å². The summed E-state index contributed by atoms with van der Waals surface area (Å²) in [6, 6.07) is 15.5. The summed E-state index contributed by atoms with van der Waals surface area (Å²) in [5, 5.41) is 3.52. The van der Waals surface area contributed by atoms with Gasteiger partial charge in [0.2, 0.25) is 0 Å². The van der Waals surface area contributed by atoms with Crippen molar-refractivity contribution in [3.63, 3.8) is 0 Å². The first kappa shape index (κ1) is 21.5. The highest BCUT2D eigenvalue weighted by Crippen LogP contribution is 2.32. The lowest BCUT2D eigenvalue weighted by molar-refractivity contribution is 0.122. The van der Waals surface area contributed by atoms with Crippen LogP contribution in [0.15, 0.2) is 61.2 Å². The fourth-order valence-electron chi connectivity index (χ4n) is 5.49. The summed E-state index contributed by atoms with van der Waals surface area (Å²) in [7, 11) is 0. The summed E-state index contributed by atoms with van der Waals surface area (Å²) in [5.41, 5.74) is 9.18. The average Bonchev–Trinajstić information content (AvgIpc) is 3.58. The number of nitrogens with one attached hydrogen (secondary N) is 2. The quantitative estimate of drug-likeness (QED) is 0.398. The Kier molecular flexibility index (Phi) is 5.40. The predicted molar refractivity (Wildman–Crippen MR) is 142 cm³/mol. The Bertz CT molecular complexity index is 1530. The maximum Gasteiger partial charge on any atom is 0.156 e. The van der Waals surface area contributed by atoms with E-state index in [2.05, 4.69) is 67.2 Å². The average molecular weight is 480 g/mol. The molecule has 2 saturated heterocycles. The summed E-state index contributed by atoms with van der Waals surface area (Å²) in [5.74, 6) is 0. The van der Waals surface area contributed by atoms with Gasteiger partial charge >= 0.3 is 0 Å². The van der Waals surface area contributed by atoms with E-state index < -0.39 is 0 Å². The summed E-state index contributed by atoms with van der Waals surface area (Å²) in [4.78, 5) is 20.1. The van der Waals surface area contributed by atoms with Crippen LogP contribution in [-0.2, 0) is 4.74 Å². The van der Waals surface area contributed by atoms with Crippen molar-refractivity contribution in [1.29, 1.82) is 0 Å². The molecule has 2 aromatic carbocycles. The molecule has 1 unspecified atom stereocenters. The number of benzene rings is 2. The zero-order valence-electron chi connectivity index (χ0n) is 20.2. The molecule has 2 N–H and O–H groups in total. The number of aromatic nitrogens is 5. The van der Waals surface area contributed by atoms with E-state index in [0.717, 1.165) is 84.0 Å². The van der Waals surface area contributed by atoms with Crippen LogP contribution in [-0.4, -0.2) is 63.9 Å². The molecule has 8 heteroatoms. The number of morpholine rings is 1. The number of fused-ring (bicyclic) bond motifs is 2. The van der Waals surface area contributed by atoms with E-state index >= 15 is 0 Å². The Morgan fingerprint density at radius 3 is 2.83 bits per heavy atom. The number of imidazole rings is 1. The first-order valence-corrected chi connectivity index (χ1v) is 12.8. The lowest BCUT2D eigenvalue weighted by Gasteiger charge is -2.29. The van der Waals surface area contributed by atoms with Gasteiger partial charge in [-0.25, -0.2) is 15.0 Å². The zero-order valence-corrected chi connectivity index (χ0v) is 20.2. The molecule has 0 radical (unpaired) electrons. The van der Waals surface area contributed by atoms with Gasteiger partial charge in [-0.3, -0.25) is 0 Å². The molecule has 182 valence electrons. The number of hydrogen-bond acceptors (Lipinski definition) is 6. The Hall–Kier alpha value is -3.75. The highest BCUT2D eigenvalue weighted by molar-refractivity contribution is 5.94. The molecule has 2 aliphatic rings. The summed E-state index contributed by atoms with van der Waals surface area (Å²) >= 11 is 0. The van der Waals surface area contributed by atoms with Crippen molar-refractivity contribution < 1.29 is 4.74 Å². The fraction of sp³-hybridized carbons (Fsp3) is 0.321. The van der Waals surface area contributed by atoms with Gasteiger partial charge in [0.05, 0.1) is 42.5 Å². The van der Waals surface area contributed by atoms with Gasteiger partial charge in [-0.2, -0.15) is 0 Å². The number of anilines is 1. The zero-order chi connectivity index (χ0) is 23.9. The van der Waals surface area contributed by atoms with E-state index in [-0.39, 0.29) is 0 Å². The van der Waals surface area contributed by atoms with Crippen molar-refractivity contribution in [1.82, 2.24) is 29.8 Å². The van der Waals surface area contributed by atoms with Gasteiger partial charge in [0.15, 0.2) is 5.65 Å². The third kappa shape index (κ3) is 3.83. The van der Waals surface area contributed by atoms with Crippen LogP contribution in [0, 0.1) is 0 Å². The van der Waals surface area contributed by atoms with Crippen LogP contribution in [0.2, 0.25) is 0 Å². The smallest absolute Gasteiger partial charge is 0.156 e. The fourth-order valence-corrected chi connectivity index (χ4v) is 5.49. The van der Waals surface area contributed by atoms with Crippen molar-refractivity contribution in [2.24, 2.45) is 0 Å². The predicted octanol–water partition coefficient (Wildman–Crippen LogP) is 4.40. The molecule has 3 aromatic heterocycles. The van der Waals surface area contributed by atoms with Gasteiger partial charge in [-0.05, 0) is 49.2 Å². The summed E-state index contributed by atoms with van der Waals surface area (Å²) in [6.07, 6.45) is 8.23. The van der Waals surface area contributed by atoms with Crippen LogP contribution in [0.25, 0.3) is 44.6 Å². The highest BCUT2D eigenvalue weighted by atomic mass is 16.5. The molecule has 2 aliphatic heterocycles. The number of ether oxygens (including phenoxy) is 1. The van der Waals surface area contributed by atoms with E-state index in [1.165, 1.54) is 18.5 Å². The lowest BCUT2D eigenvalue weighted by Crippen LogP contribution is -2.36. The van der Waals surface area contributed by atoms with Crippen LogP contribution < -0.4 is 10.2 Å². The molecule has 36 heavy (non-hydrogen) atoms. The molecular formula is C28H29N7O. The summed E-state index contributed by atoms with van der Waals surface area (Å²) < 4.78 is 7.85. The molecule has 5 aromatic rings. The number of hydrogen-bond donors (Lipinski definition) is 2. The SMILES string of the molecule is c1cc(-c2cnc3[nH]cc(-c4ccc5ncn(C6CCCNC6)c5c4)c3n2)cc(N2CCOCC2)c1. The molecule has 0 spiro atoms. The largest absolute Gasteiger partial charge is 0.378 e. The van der Waals surface area contributed by atoms with Crippen LogP contribution >= 0.6 is 0 Å². The van der Waals surface area contributed by atoms with E-state index in [0.29, 0.717) is 6.04 Å². The van der Waals surface area contributed by atoms with Gasteiger partial charge in [-0.15, -0.1) is 0 Å². The maximum absolute atomic E-state index is 5.52. The second-order valence-corrected chi connectivity index (χ2v) is 9.66. The molecule has 8 nitrogen and oxygen atoms in total. The van der Waals surface area contributed by atoms with Gasteiger partial charge in [-0.1, -0.05) is 18.2 Å². The minimum absolute atomic E-state index is 0.437. The molecule has 0 bridgehead atoms. The minimum Gasteiger partial charge on any atom is -0.378 e. The molecule has 5 heterocycles. The molecular weight excluding hydrogens is 450 g/mol. The van der Waals surface area contributed by atoms with Gasteiger partial charge < -0.3 is 24.5 Å². The van der Waals surface area contributed by atoms with Crippen molar-refractivity contribution in [3.8, 4) is 22.4 Å². The minimum atomic E-state index is 0.437. The Balaban J connectivity index is 1.27. The van der Waals surface area contributed by atoms with E-state index in [4.69, 9.17) is 14.7 Å². The van der Waals surface area contributed by atoms with Gasteiger partial charge in [0.1, 0.15) is 5.52 Å². The monoisotopic (exact) mass is 479 g/mol. The second kappa shape index (κ2) is 9.04. The van der Waals surface area contributed by atoms with E-state index in [9.17, 15) is 0 Å². The van der Waals surface area contributed by atoms with Gasteiger partial charge in [0, 0.05) is 48.7 Å². The Labute approximate surface area is 209 Å². The number of aromatic amines is 1. The Morgan fingerprint density at radius 1 is 1.00 bits per heavy atom. The number of H-pyrrole nitrogens is 1. The van der Waals surface area contributed by atoms with E-state index in [1.807, 2.05) is 18.7 Å². The normalized spacial score (nSPS) is 18.8. The molecule has 1 atom stereocenters. The Morgan fingerprint density at radius 2 is 1.94 bits per heavy atom. The second-order valence-electron chi connectivity index (χ2n) is 9.66. The lowest BCUT2D eigenvalue weighted by atomic mass is 10.1. The van der Waals surface area contributed by atoms with Crippen LogP contribution in [0.3, 0.4) is 0 Å². The standard InChI is InChI=1S/C28H29N7O/c1-3-20(13-21(4-1)34-9-11-36-12-10-34)25-17-31-28-27(33-25)23(16-30-28)19-6-7-24-26(14-19)35(18-32-24)22-5-2-8-29-15-22/h1,3-4,6-7,13-14,16-18,22,29H,2,5,8-12,15H2,(H,30,31). The topological polar surface area (TPSA) is 83.9 Å². The van der Waals surface area contributed by atoms with Crippen molar-refractivity contribution >= 4 is 27.9 Å². The number of piperidine rings is 1. The third-order valence-electron chi connectivity index (χ3n) is 7.45. The maximum atomic E-state index is 5.52. The highest BCUT2D eigenvalue weighted by Gasteiger charge is 2.19. The van der Waals surface area contributed by atoms with Crippen LogP contribution in [0.1, 0.15) is 18.9 Å². The number of rotatable bonds is 4. The third-order valence-corrected chi connectivity index (χ3v) is 7.45. The molecule has 0 saturated carbocycles. The van der Waals surface area contributed by atoms with Crippen LogP contribution in [0.4, 0.5) is 5.69 Å². The first-order valence-electron chi connectivity index (χ1n) is 12.8.